The minimum Gasteiger partial charge on any atom is -0.462 e. The lowest BCUT2D eigenvalue weighted by atomic mass is 9.86. The Hall–Kier alpha value is -1.40. The molecule has 1 fully saturated rings. The zero-order valence-electron chi connectivity index (χ0n) is 14.1. The summed E-state index contributed by atoms with van der Waals surface area (Å²) >= 11 is 0. The van der Waals surface area contributed by atoms with Gasteiger partial charge in [0.1, 0.15) is 0 Å². The first-order valence-electron chi connectivity index (χ1n) is 7.73. The lowest BCUT2D eigenvalue weighted by Gasteiger charge is -2.21. The summed E-state index contributed by atoms with van der Waals surface area (Å²) in [5.41, 5.74) is -0.271. The van der Waals surface area contributed by atoms with E-state index in [2.05, 4.69) is 0 Å². The van der Waals surface area contributed by atoms with Crippen LogP contribution in [0.5, 0.6) is 0 Å². The van der Waals surface area contributed by atoms with Crippen LogP contribution in [0, 0.1) is 5.41 Å². The van der Waals surface area contributed by atoms with Crippen LogP contribution in [0.25, 0.3) is 0 Å². The molecule has 0 aromatic rings. The van der Waals surface area contributed by atoms with Gasteiger partial charge >= 0.3 is 17.9 Å². The van der Waals surface area contributed by atoms with Crippen LogP contribution in [0.15, 0.2) is 11.6 Å². The fourth-order valence-electron chi connectivity index (χ4n) is 1.79. The molecule has 0 amide bonds. The van der Waals surface area contributed by atoms with Gasteiger partial charge in [-0.1, -0.05) is 41.0 Å². The monoisotopic (exact) mass is 314 g/mol. The van der Waals surface area contributed by atoms with Gasteiger partial charge in [0, 0.05) is 18.1 Å². The van der Waals surface area contributed by atoms with Crippen molar-refractivity contribution in [2.24, 2.45) is 5.41 Å². The van der Waals surface area contributed by atoms with Crippen LogP contribution >= 0.6 is 0 Å². The van der Waals surface area contributed by atoms with Gasteiger partial charge in [0.05, 0.1) is 6.61 Å². The molecule has 22 heavy (non-hydrogen) atoms. The van der Waals surface area contributed by atoms with Crippen LogP contribution in [0.3, 0.4) is 0 Å². The molecule has 0 aromatic carbocycles. The van der Waals surface area contributed by atoms with E-state index in [1.807, 2.05) is 34.6 Å². The van der Waals surface area contributed by atoms with E-state index >= 15 is 0 Å². The fraction of sp³-hybridized carbons (Fsp3) is 0.750. The van der Waals surface area contributed by atoms with Crippen molar-refractivity contribution in [3.63, 3.8) is 0 Å². The zero-order chi connectivity index (χ0) is 16.8. The summed E-state index contributed by atoms with van der Waals surface area (Å²) in [6.45, 7) is 9.76. The summed E-state index contributed by atoms with van der Waals surface area (Å²) in [6.07, 6.45) is 4.06. The number of carbonyl (C=O) groups is 2. The maximum atomic E-state index is 12.1. The maximum Gasteiger partial charge on any atom is 0.383 e. The zero-order valence-corrected chi connectivity index (χ0v) is 14.1. The van der Waals surface area contributed by atoms with E-state index in [1.165, 1.54) is 0 Å². The summed E-state index contributed by atoms with van der Waals surface area (Å²) < 4.78 is 10.3. The fourth-order valence-corrected chi connectivity index (χ4v) is 1.79. The van der Waals surface area contributed by atoms with Crippen LogP contribution in [0.2, 0.25) is 0 Å². The Kier molecular flexibility index (Phi) is 6.56. The molecule has 0 spiro atoms. The molecular weight excluding hydrogens is 288 g/mol. The molecule has 0 saturated carbocycles. The molecule has 0 radical (unpaired) electrons. The first kappa shape index (κ1) is 18.6. The van der Waals surface area contributed by atoms with E-state index in [9.17, 15) is 9.59 Å². The second kappa shape index (κ2) is 7.74. The number of esters is 2. The highest BCUT2D eigenvalue weighted by atomic mass is 17.5. The van der Waals surface area contributed by atoms with Crippen molar-refractivity contribution >= 4 is 11.9 Å². The molecule has 0 atom stereocenters. The highest BCUT2D eigenvalue weighted by molar-refractivity contribution is 5.97. The average molecular weight is 314 g/mol. The third-order valence-corrected chi connectivity index (χ3v) is 3.10. The maximum absolute atomic E-state index is 12.1. The third-order valence-electron chi connectivity index (χ3n) is 3.10. The van der Waals surface area contributed by atoms with Crippen LogP contribution < -0.4 is 0 Å². The predicted octanol–water partition coefficient (Wildman–Crippen LogP) is 3.26. The van der Waals surface area contributed by atoms with Crippen molar-refractivity contribution in [3.8, 4) is 0 Å². The van der Waals surface area contributed by atoms with Gasteiger partial charge in [0.15, 0.2) is 0 Å². The Morgan fingerprint density at radius 3 is 2.23 bits per heavy atom. The molecule has 6 nitrogen and oxygen atoms in total. The summed E-state index contributed by atoms with van der Waals surface area (Å²) in [7, 11) is 0. The number of carbonyl (C=O) groups excluding carboxylic acids is 2. The number of hydrogen-bond donors (Lipinski definition) is 0. The van der Waals surface area contributed by atoms with Gasteiger partial charge in [-0.15, -0.1) is 0 Å². The Bertz CT molecular complexity index is 428. The molecule has 0 aromatic heterocycles. The van der Waals surface area contributed by atoms with Crippen molar-refractivity contribution in [1.29, 1.82) is 0 Å². The molecule has 1 aliphatic rings. The molecule has 6 heteroatoms. The normalized spacial score (nSPS) is 17.0. The second-order valence-electron chi connectivity index (χ2n) is 6.32. The van der Waals surface area contributed by atoms with E-state index in [1.54, 1.807) is 0 Å². The molecule has 0 unspecified atom stereocenters. The van der Waals surface area contributed by atoms with Gasteiger partial charge in [0.2, 0.25) is 0 Å². The van der Waals surface area contributed by atoms with Crippen LogP contribution in [-0.4, -0.2) is 24.5 Å². The second-order valence-corrected chi connectivity index (χ2v) is 6.32. The van der Waals surface area contributed by atoms with E-state index in [0.29, 0.717) is 13.0 Å². The Morgan fingerprint density at radius 2 is 1.77 bits per heavy atom. The number of unbranched alkanes of at least 4 members (excludes halogenated alkanes) is 1. The SMILES string of the molecule is CCCCOC(=O)/C(=C/C(=O)OC1(CCC)OO1)C(C)(C)C. The smallest absolute Gasteiger partial charge is 0.383 e. The first-order valence-corrected chi connectivity index (χ1v) is 7.73. The minimum absolute atomic E-state index is 0.265. The standard InChI is InChI=1S/C16H26O6/c1-6-8-10-19-14(18)12(15(3,4)5)11-13(17)20-16(9-7-2)21-22-16/h11H,6-10H2,1-5H3/b12-11-. The Labute approximate surface area is 131 Å². The van der Waals surface area contributed by atoms with Gasteiger partial charge < -0.3 is 9.47 Å². The van der Waals surface area contributed by atoms with Crippen LogP contribution in [-0.2, 0) is 28.8 Å². The molecular formula is C16H26O6. The average Bonchev–Trinajstić information content (AvgIpc) is 3.14. The van der Waals surface area contributed by atoms with Crippen molar-refractivity contribution < 1.29 is 28.8 Å². The van der Waals surface area contributed by atoms with E-state index < -0.39 is 23.3 Å². The predicted molar refractivity (Wildman–Crippen MR) is 79.3 cm³/mol. The number of rotatable bonds is 8. The number of hydrogen-bond acceptors (Lipinski definition) is 6. The van der Waals surface area contributed by atoms with Gasteiger partial charge in [-0.05, 0) is 18.3 Å². The first-order chi connectivity index (χ1) is 10.2. The van der Waals surface area contributed by atoms with Crippen molar-refractivity contribution in [3.05, 3.63) is 11.6 Å². The molecule has 1 rings (SSSR count). The van der Waals surface area contributed by atoms with Gasteiger partial charge in [0.25, 0.3) is 0 Å². The summed E-state index contributed by atoms with van der Waals surface area (Å²) in [5.74, 6) is -2.46. The van der Waals surface area contributed by atoms with Crippen LogP contribution in [0.1, 0.15) is 60.3 Å². The molecule has 0 bridgehead atoms. The summed E-state index contributed by atoms with van der Waals surface area (Å²) in [4.78, 5) is 33.6. The molecule has 126 valence electrons. The van der Waals surface area contributed by atoms with Crippen molar-refractivity contribution in [1.82, 2.24) is 0 Å². The molecule has 0 N–H and O–H groups in total. The summed E-state index contributed by atoms with van der Waals surface area (Å²) in [6, 6.07) is 0. The summed E-state index contributed by atoms with van der Waals surface area (Å²) in [5, 5.41) is 0. The van der Waals surface area contributed by atoms with Gasteiger partial charge in [-0.2, -0.15) is 9.78 Å². The quantitative estimate of drug-likeness (QED) is 0.225. The topological polar surface area (TPSA) is 77.7 Å². The van der Waals surface area contributed by atoms with Crippen LogP contribution in [0.4, 0.5) is 0 Å². The molecule has 1 heterocycles. The van der Waals surface area contributed by atoms with Gasteiger partial charge in [-0.3, -0.25) is 0 Å². The molecule has 1 aliphatic heterocycles. The van der Waals surface area contributed by atoms with E-state index in [0.717, 1.165) is 25.3 Å². The third kappa shape index (κ3) is 5.77. The highest BCUT2D eigenvalue weighted by Gasteiger charge is 2.52. The molecule has 0 aliphatic carbocycles. The number of ether oxygens (including phenoxy) is 2. The minimum atomic E-state index is -1.28. The highest BCUT2D eigenvalue weighted by Crippen LogP contribution is 2.36. The van der Waals surface area contributed by atoms with Crippen molar-refractivity contribution in [2.45, 2.75) is 66.3 Å². The van der Waals surface area contributed by atoms with E-state index in [4.69, 9.17) is 19.2 Å². The Morgan fingerprint density at radius 1 is 1.14 bits per heavy atom. The van der Waals surface area contributed by atoms with Gasteiger partial charge in [-0.25, -0.2) is 9.59 Å². The lowest BCUT2D eigenvalue weighted by Crippen LogP contribution is -2.24. The van der Waals surface area contributed by atoms with Crippen molar-refractivity contribution in [2.75, 3.05) is 6.61 Å². The lowest BCUT2D eigenvalue weighted by molar-refractivity contribution is -0.156. The Balaban J connectivity index is 2.74. The molecule has 1 saturated heterocycles. The largest absolute Gasteiger partial charge is 0.462 e. The van der Waals surface area contributed by atoms with E-state index in [-0.39, 0.29) is 5.57 Å².